The monoisotopic (exact) mass is 739 g/mol. The number of hydrogen-bond acceptors (Lipinski definition) is 3. The van der Waals surface area contributed by atoms with Gasteiger partial charge in [0, 0.05) is 0 Å². The molecule has 0 spiro atoms. The van der Waals surface area contributed by atoms with Crippen LogP contribution in [0, 0.1) is 5.41 Å². The zero-order valence-corrected chi connectivity index (χ0v) is 34.8. The molecule has 0 N–H and O–H groups in total. The molecule has 302 valence electrons. The van der Waals surface area contributed by atoms with Gasteiger partial charge in [-0.2, -0.15) is 21.6 Å². The van der Waals surface area contributed by atoms with Crippen molar-refractivity contribution < 1.29 is 25.8 Å². The first-order chi connectivity index (χ1) is 24.0. The lowest BCUT2D eigenvalue weighted by molar-refractivity contribution is -0.0694. The molecule has 0 radical (unpaired) electrons. The molecule has 0 aliphatic heterocycles. The third kappa shape index (κ3) is 24.9. The Labute approximate surface area is 311 Å². The van der Waals surface area contributed by atoms with Crippen LogP contribution in [-0.4, -0.2) is 19.5 Å². The van der Waals surface area contributed by atoms with Gasteiger partial charge in [-0.1, -0.05) is 214 Å². The Morgan fingerprint density at radius 2 is 0.600 bits per heavy atom. The summed E-state index contributed by atoms with van der Waals surface area (Å²) in [4.78, 5) is 0. The standard InChI is InChI=1S/C43H85F3O3S/c1-6-11-16-18-20-22-26-30-35-41(34-13-8-3,36-31-27-23-21-19-17-12-7-2)37-32-28-24-25-29-33-40-42(38-14-9-4,39-15-10-5)49-50(47,48)43(44,45)46/h6-40H2,1-5H3. The lowest BCUT2D eigenvalue weighted by atomic mass is 9.70. The van der Waals surface area contributed by atoms with E-state index in [1.807, 2.05) is 13.8 Å². The van der Waals surface area contributed by atoms with Crippen LogP contribution in [0.5, 0.6) is 0 Å². The molecular formula is C43H85F3O3S. The minimum absolute atomic E-state index is 0.358. The predicted molar refractivity (Wildman–Crippen MR) is 211 cm³/mol. The van der Waals surface area contributed by atoms with E-state index >= 15 is 0 Å². The molecule has 0 bridgehead atoms. The van der Waals surface area contributed by atoms with Crippen LogP contribution in [0.3, 0.4) is 0 Å². The first kappa shape index (κ1) is 49.7. The Balaban J connectivity index is 5.11. The summed E-state index contributed by atoms with van der Waals surface area (Å²) in [6, 6.07) is 0. The van der Waals surface area contributed by atoms with Gasteiger partial charge in [-0.25, -0.2) is 0 Å². The molecule has 50 heavy (non-hydrogen) atoms. The lowest BCUT2D eigenvalue weighted by Gasteiger charge is -2.35. The van der Waals surface area contributed by atoms with Crippen LogP contribution in [0.1, 0.15) is 259 Å². The van der Waals surface area contributed by atoms with Gasteiger partial charge in [-0.15, -0.1) is 0 Å². The largest absolute Gasteiger partial charge is 0.523 e. The maximum Gasteiger partial charge on any atom is 0.523 e. The summed E-state index contributed by atoms with van der Waals surface area (Å²) in [7, 11) is -5.62. The zero-order valence-electron chi connectivity index (χ0n) is 34.0. The molecule has 0 fully saturated rings. The molecule has 0 unspecified atom stereocenters. The summed E-state index contributed by atoms with van der Waals surface area (Å²) in [6.07, 6.45) is 40.3. The highest BCUT2D eigenvalue weighted by atomic mass is 32.2. The highest BCUT2D eigenvalue weighted by Gasteiger charge is 2.51. The molecule has 0 heterocycles. The van der Waals surface area contributed by atoms with E-state index in [1.54, 1.807) is 0 Å². The van der Waals surface area contributed by atoms with Crippen LogP contribution in [0.4, 0.5) is 13.2 Å². The smallest absolute Gasteiger partial charge is 0.257 e. The van der Waals surface area contributed by atoms with Crippen molar-refractivity contribution in [2.45, 2.75) is 270 Å². The van der Waals surface area contributed by atoms with Gasteiger partial charge in [0.1, 0.15) is 0 Å². The summed E-state index contributed by atoms with van der Waals surface area (Å²) >= 11 is 0. The predicted octanol–water partition coefficient (Wildman–Crippen LogP) is 16.3. The van der Waals surface area contributed by atoms with Gasteiger partial charge >= 0.3 is 15.6 Å². The molecule has 0 rings (SSSR count). The minimum Gasteiger partial charge on any atom is -0.257 e. The molecule has 0 aliphatic rings. The van der Waals surface area contributed by atoms with E-state index in [0.717, 1.165) is 32.1 Å². The van der Waals surface area contributed by atoms with Gasteiger partial charge in [0.15, 0.2) is 0 Å². The number of rotatable bonds is 38. The van der Waals surface area contributed by atoms with Gasteiger partial charge in [0.25, 0.3) is 0 Å². The van der Waals surface area contributed by atoms with E-state index in [4.69, 9.17) is 4.18 Å². The Morgan fingerprint density at radius 3 is 0.920 bits per heavy atom. The molecular weight excluding hydrogens is 654 g/mol. The number of hydrogen-bond donors (Lipinski definition) is 0. The SMILES string of the molecule is CCCCCCCCCCC(CCCC)(CCCCCCCCCC)CCCCCCCCC(CCCC)(CCCC)OS(=O)(=O)C(F)(F)F. The summed E-state index contributed by atoms with van der Waals surface area (Å²) in [5.74, 6) is 0. The molecule has 0 aromatic rings. The number of alkyl halides is 3. The first-order valence-electron chi connectivity index (χ1n) is 22.0. The lowest BCUT2D eigenvalue weighted by Crippen LogP contribution is -2.40. The summed E-state index contributed by atoms with van der Waals surface area (Å²) in [5.41, 5.74) is -6.14. The van der Waals surface area contributed by atoms with Gasteiger partial charge in [0.05, 0.1) is 5.60 Å². The third-order valence-corrected chi connectivity index (χ3v) is 12.5. The highest BCUT2D eigenvalue weighted by Crippen LogP contribution is 2.42. The maximum absolute atomic E-state index is 13.3. The second-order valence-electron chi connectivity index (χ2n) is 16.0. The van der Waals surface area contributed by atoms with Crippen LogP contribution < -0.4 is 0 Å². The molecule has 0 aromatic carbocycles. The van der Waals surface area contributed by atoms with E-state index in [2.05, 4.69) is 20.8 Å². The van der Waals surface area contributed by atoms with Crippen molar-refractivity contribution in [3.8, 4) is 0 Å². The maximum atomic E-state index is 13.3. The van der Waals surface area contributed by atoms with Gasteiger partial charge < -0.3 is 0 Å². The molecule has 0 amide bonds. The Hall–Kier alpha value is -0.300. The van der Waals surface area contributed by atoms with Gasteiger partial charge in [-0.3, -0.25) is 4.18 Å². The number of halogens is 3. The number of unbranched alkanes of at least 4 members (excludes halogenated alkanes) is 22. The summed E-state index contributed by atoms with van der Waals surface area (Å²) < 4.78 is 69.2. The van der Waals surface area contributed by atoms with Crippen LogP contribution in [0.25, 0.3) is 0 Å². The minimum atomic E-state index is -5.62. The average Bonchev–Trinajstić information content (AvgIpc) is 3.08. The Bertz CT molecular complexity index is 815. The highest BCUT2D eigenvalue weighted by molar-refractivity contribution is 7.87. The van der Waals surface area contributed by atoms with E-state index in [-0.39, 0.29) is 0 Å². The first-order valence-corrected chi connectivity index (χ1v) is 23.4. The fourth-order valence-corrected chi connectivity index (χ4v) is 8.81. The topological polar surface area (TPSA) is 43.4 Å². The molecule has 0 saturated carbocycles. The quantitative estimate of drug-likeness (QED) is 0.0360. The Kier molecular flexibility index (Phi) is 30.9. The van der Waals surface area contributed by atoms with E-state index in [9.17, 15) is 21.6 Å². The van der Waals surface area contributed by atoms with Crippen LogP contribution in [0.15, 0.2) is 0 Å². The van der Waals surface area contributed by atoms with Crippen molar-refractivity contribution >= 4 is 10.1 Å². The fraction of sp³-hybridized carbons (Fsp3) is 1.00. The van der Waals surface area contributed by atoms with Crippen molar-refractivity contribution in [3.05, 3.63) is 0 Å². The van der Waals surface area contributed by atoms with E-state index < -0.39 is 21.2 Å². The van der Waals surface area contributed by atoms with Crippen molar-refractivity contribution in [3.63, 3.8) is 0 Å². The fourth-order valence-electron chi connectivity index (χ4n) is 8.00. The molecule has 0 aliphatic carbocycles. The van der Waals surface area contributed by atoms with Crippen LogP contribution in [-0.2, 0) is 14.3 Å². The zero-order chi connectivity index (χ0) is 37.5. The van der Waals surface area contributed by atoms with Crippen LogP contribution >= 0.6 is 0 Å². The van der Waals surface area contributed by atoms with Crippen molar-refractivity contribution in [1.82, 2.24) is 0 Å². The average molecular weight is 739 g/mol. The third-order valence-electron chi connectivity index (χ3n) is 11.3. The molecule has 0 aromatic heterocycles. The van der Waals surface area contributed by atoms with Crippen molar-refractivity contribution in [2.24, 2.45) is 5.41 Å². The van der Waals surface area contributed by atoms with Crippen LogP contribution in [0.2, 0.25) is 0 Å². The molecule has 0 atom stereocenters. The molecule has 0 saturated heterocycles. The molecule has 3 nitrogen and oxygen atoms in total. The normalized spacial score (nSPS) is 13.0. The van der Waals surface area contributed by atoms with E-state index in [1.165, 1.54) is 154 Å². The summed E-state index contributed by atoms with van der Waals surface area (Å²) in [5, 5.41) is 0. The van der Waals surface area contributed by atoms with Gasteiger partial charge in [0.2, 0.25) is 0 Å². The van der Waals surface area contributed by atoms with Gasteiger partial charge in [-0.05, 0) is 50.4 Å². The second-order valence-corrected chi connectivity index (χ2v) is 17.6. The van der Waals surface area contributed by atoms with Crippen molar-refractivity contribution in [1.29, 1.82) is 0 Å². The summed E-state index contributed by atoms with van der Waals surface area (Å²) in [6.45, 7) is 10.9. The second kappa shape index (κ2) is 31.1. The van der Waals surface area contributed by atoms with E-state index in [0.29, 0.717) is 43.9 Å². The van der Waals surface area contributed by atoms with Crippen molar-refractivity contribution in [2.75, 3.05) is 0 Å². The molecule has 7 heteroatoms. The Morgan fingerprint density at radius 1 is 0.360 bits per heavy atom.